The van der Waals surface area contributed by atoms with Crippen LogP contribution in [0.1, 0.15) is 46.7 Å². The number of methoxy groups -OCH3 is 3. The van der Waals surface area contributed by atoms with Gasteiger partial charge in [-0.2, -0.15) is 0 Å². The molecule has 1 saturated heterocycles. The summed E-state index contributed by atoms with van der Waals surface area (Å²) in [6.45, 7) is 0.148. The number of Topliss-reactive ketones (excluding diaryl/α,β-unsaturated/α-hetero) is 1. The lowest BCUT2D eigenvalue weighted by Crippen LogP contribution is -2.29. The van der Waals surface area contributed by atoms with Gasteiger partial charge in [-0.05, 0) is 78.3 Å². The van der Waals surface area contributed by atoms with Gasteiger partial charge in [0.1, 0.15) is 5.76 Å². The van der Waals surface area contributed by atoms with Crippen molar-refractivity contribution in [1.29, 1.82) is 0 Å². The van der Waals surface area contributed by atoms with Gasteiger partial charge < -0.3 is 24.2 Å². The van der Waals surface area contributed by atoms with Gasteiger partial charge in [-0.1, -0.05) is 12.1 Å². The molecule has 1 unspecified atom stereocenters. The van der Waals surface area contributed by atoms with E-state index in [9.17, 15) is 14.7 Å². The van der Waals surface area contributed by atoms with E-state index in [4.69, 9.17) is 14.2 Å². The first-order valence-corrected chi connectivity index (χ1v) is 12.6. The van der Waals surface area contributed by atoms with Crippen molar-refractivity contribution in [3.8, 4) is 17.2 Å². The lowest BCUT2D eigenvalue weighted by molar-refractivity contribution is -0.140. The van der Waals surface area contributed by atoms with Gasteiger partial charge in [0.25, 0.3) is 11.7 Å². The highest BCUT2D eigenvalue weighted by Gasteiger charge is 2.46. The number of aliphatic hydroxyl groups is 1. The molecule has 2 aromatic carbocycles. The number of ether oxygens (including phenoxy) is 3. The smallest absolute Gasteiger partial charge is 0.295 e. The van der Waals surface area contributed by atoms with Crippen LogP contribution >= 0.6 is 0 Å². The summed E-state index contributed by atoms with van der Waals surface area (Å²) in [4.78, 5) is 32.5. The first-order valence-electron chi connectivity index (χ1n) is 12.6. The molecule has 3 aromatic rings. The molecule has 1 N–H and O–H groups in total. The van der Waals surface area contributed by atoms with Gasteiger partial charge in [-0.15, -0.1) is 0 Å². The quantitative estimate of drug-likeness (QED) is 0.279. The first-order chi connectivity index (χ1) is 18.5. The van der Waals surface area contributed by atoms with Crippen molar-refractivity contribution in [2.24, 2.45) is 0 Å². The Morgan fingerprint density at radius 1 is 0.921 bits per heavy atom. The largest absolute Gasteiger partial charge is 0.507 e. The van der Waals surface area contributed by atoms with Crippen molar-refractivity contribution in [2.75, 3.05) is 21.3 Å². The molecular formula is C30H30N2O6. The summed E-state index contributed by atoms with van der Waals surface area (Å²) >= 11 is 0. The molecule has 0 radical (unpaired) electrons. The standard InChI is InChI=1S/C30H30N2O6/c1-36-23-15-22(16-24(37-2)29(23)38-3)26-25(27(33)21-9-8-19-6-4-5-7-20(19)14-21)28(34)30(35)32(26)17-18-10-12-31-13-11-18/h8-16,26,33H,4-7,17H2,1-3H3/b27-25+. The molecule has 1 fully saturated rings. The van der Waals surface area contributed by atoms with Crippen LogP contribution in [0.5, 0.6) is 17.2 Å². The van der Waals surface area contributed by atoms with Crippen LogP contribution < -0.4 is 14.2 Å². The fourth-order valence-electron chi connectivity index (χ4n) is 5.37. The van der Waals surface area contributed by atoms with Crippen molar-refractivity contribution in [1.82, 2.24) is 9.88 Å². The van der Waals surface area contributed by atoms with Crippen molar-refractivity contribution in [2.45, 2.75) is 38.3 Å². The van der Waals surface area contributed by atoms with E-state index in [0.717, 1.165) is 36.8 Å². The number of benzene rings is 2. The number of rotatable bonds is 7. The van der Waals surface area contributed by atoms with Gasteiger partial charge in [0, 0.05) is 24.5 Å². The number of aliphatic hydroxyl groups excluding tert-OH is 1. The van der Waals surface area contributed by atoms with Crippen molar-refractivity contribution in [3.05, 3.63) is 88.2 Å². The zero-order chi connectivity index (χ0) is 26.8. The van der Waals surface area contributed by atoms with Gasteiger partial charge in [0.2, 0.25) is 5.75 Å². The zero-order valence-electron chi connectivity index (χ0n) is 21.7. The van der Waals surface area contributed by atoms with Crippen molar-refractivity contribution in [3.63, 3.8) is 0 Å². The Balaban J connectivity index is 1.70. The van der Waals surface area contributed by atoms with Crippen LogP contribution in [-0.4, -0.2) is 48.0 Å². The van der Waals surface area contributed by atoms with Gasteiger partial charge in [-0.25, -0.2) is 0 Å². The Morgan fingerprint density at radius 2 is 1.58 bits per heavy atom. The third-order valence-corrected chi connectivity index (χ3v) is 7.27. The number of aryl methyl sites for hydroxylation is 2. The number of hydrogen-bond donors (Lipinski definition) is 1. The van der Waals surface area contributed by atoms with Crippen LogP contribution in [0.4, 0.5) is 0 Å². The summed E-state index contributed by atoms with van der Waals surface area (Å²) in [5.41, 5.74) is 4.31. The molecule has 1 aliphatic carbocycles. The Kier molecular flexibility index (Phi) is 7.05. The van der Waals surface area contributed by atoms with Crippen LogP contribution in [0.3, 0.4) is 0 Å². The van der Waals surface area contributed by atoms with Gasteiger partial charge in [0.05, 0.1) is 32.9 Å². The Labute approximate surface area is 221 Å². The minimum atomic E-state index is -0.882. The molecule has 2 heterocycles. The fraction of sp³-hybridized carbons (Fsp3) is 0.300. The monoisotopic (exact) mass is 514 g/mol. The molecular weight excluding hydrogens is 484 g/mol. The average Bonchev–Trinajstić information content (AvgIpc) is 3.21. The molecule has 5 rings (SSSR count). The normalized spacial score (nSPS) is 18.3. The summed E-state index contributed by atoms with van der Waals surface area (Å²) in [5, 5.41) is 11.6. The molecule has 1 atom stereocenters. The second kappa shape index (κ2) is 10.6. The van der Waals surface area contributed by atoms with Crippen LogP contribution in [0.25, 0.3) is 5.76 Å². The lowest BCUT2D eigenvalue weighted by atomic mass is 9.88. The van der Waals surface area contributed by atoms with E-state index in [-0.39, 0.29) is 17.9 Å². The predicted molar refractivity (Wildman–Crippen MR) is 141 cm³/mol. The summed E-state index contributed by atoms with van der Waals surface area (Å²) in [5.74, 6) is -0.490. The maximum Gasteiger partial charge on any atom is 0.295 e. The van der Waals surface area contributed by atoms with Gasteiger partial charge >= 0.3 is 0 Å². The third kappa shape index (κ3) is 4.47. The van der Waals surface area contributed by atoms with Crippen LogP contribution in [0.2, 0.25) is 0 Å². The van der Waals surface area contributed by atoms with Crippen LogP contribution in [0, 0.1) is 0 Å². The first kappa shape index (κ1) is 25.3. The minimum Gasteiger partial charge on any atom is -0.507 e. The van der Waals surface area contributed by atoms with Gasteiger partial charge in [-0.3, -0.25) is 14.6 Å². The highest BCUT2D eigenvalue weighted by molar-refractivity contribution is 6.46. The van der Waals surface area contributed by atoms with Crippen molar-refractivity contribution < 1.29 is 28.9 Å². The maximum atomic E-state index is 13.5. The number of amides is 1. The number of likely N-dealkylation sites (tertiary alicyclic amines) is 1. The Hall–Kier alpha value is -4.33. The van der Waals surface area contributed by atoms with E-state index in [1.54, 1.807) is 36.7 Å². The molecule has 0 saturated carbocycles. The molecule has 2 aliphatic rings. The summed E-state index contributed by atoms with van der Waals surface area (Å²) in [6.07, 6.45) is 7.40. The summed E-state index contributed by atoms with van der Waals surface area (Å²) in [6, 6.07) is 11.9. The van der Waals surface area contributed by atoms with E-state index in [1.807, 2.05) is 18.2 Å². The number of fused-ring (bicyclic) bond motifs is 1. The highest BCUT2D eigenvalue weighted by atomic mass is 16.5. The van der Waals surface area contributed by atoms with E-state index in [1.165, 1.54) is 31.8 Å². The Bertz CT molecular complexity index is 1390. The van der Waals surface area contributed by atoms with Crippen LogP contribution in [0.15, 0.2) is 60.4 Å². The lowest BCUT2D eigenvalue weighted by Gasteiger charge is -2.26. The number of carbonyl (C=O) groups excluding carboxylic acids is 2. The molecule has 38 heavy (non-hydrogen) atoms. The molecule has 0 bridgehead atoms. The van der Waals surface area contributed by atoms with E-state index in [2.05, 4.69) is 4.98 Å². The zero-order valence-corrected chi connectivity index (χ0v) is 21.7. The number of hydrogen-bond acceptors (Lipinski definition) is 7. The second-order valence-electron chi connectivity index (χ2n) is 9.43. The molecule has 196 valence electrons. The van der Waals surface area contributed by atoms with Crippen LogP contribution in [-0.2, 0) is 29.0 Å². The minimum absolute atomic E-state index is 0.0223. The van der Waals surface area contributed by atoms with E-state index < -0.39 is 17.7 Å². The molecule has 1 aromatic heterocycles. The van der Waals surface area contributed by atoms with Crippen molar-refractivity contribution >= 4 is 17.4 Å². The fourth-order valence-corrected chi connectivity index (χ4v) is 5.37. The molecule has 8 nitrogen and oxygen atoms in total. The molecule has 8 heteroatoms. The maximum absolute atomic E-state index is 13.5. The number of pyridine rings is 1. The number of carbonyl (C=O) groups is 2. The number of ketones is 1. The SMILES string of the molecule is COc1cc(C2/C(=C(\O)c3ccc4c(c3)CCCC4)C(=O)C(=O)N2Cc2ccncc2)cc(OC)c1OC. The van der Waals surface area contributed by atoms with E-state index in [0.29, 0.717) is 28.4 Å². The summed E-state index contributed by atoms with van der Waals surface area (Å²) < 4.78 is 16.6. The van der Waals surface area contributed by atoms with Gasteiger partial charge in [0.15, 0.2) is 11.5 Å². The summed E-state index contributed by atoms with van der Waals surface area (Å²) in [7, 11) is 4.51. The number of nitrogens with zero attached hydrogens (tertiary/aromatic N) is 2. The topological polar surface area (TPSA) is 98.2 Å². The number of aromatic nitrogens is 1. The molecule has 1 amide bonds. The molecule has 1 aliphatic heterocycles. The average molecular weight is 515 g/mol. The van der Waals surface area contributed by atoms with E-state index >= 15 is 0 Å². The highest BCUT2D eigenvalue weighted by Crippen LogP contribution is 2.46. The predicted octanol–water partition coefficient (Wildman–Crippen LogP) is 4.61. The Morgan fingerprint density at radius 3 is 2.21 bits per heavy atom. The third-order valence-electron chi connectivity index (χ3n) is 7.27. The molecule has 0 spiro atoms. The second-order valence-corrected chi connectivity index (χ2v) is 9.43.